The third kappa shape index (κ3) is 2.75. The lowest BCUT2D eigenvalue weighted by molar-refractivity contribution is 0.0945. The molecule has 0 radical (unpaired) electrons. The van der Waals surface area contributed by atoms with Crippen LogP contribution >= 0.6 is 0 Å². The molecule has 20 heavy (non-hydrogen) atoms. The van der Waals surface area contributed by atoms with E-state index in [2.05, 4.69) is 23.8 Å². The van der Waals surface area contributed by atoms with Gasteiger partial charge in [-0.15, -0.1) is 0 Å². The first kappa shape index (κ1) is 13.7. The molecule has 3 rings (SSSR count). The van der Waals surface area contributed by atoms with E-state index in [-0.39, 0.29) is 6.04 Å². The van der Waals surface area contributed by atoms with Crippen molar-refractivity contribution in [2.24, 2.45) is 5.73 Å². The average molecular weight is 277 g/mol. The topological polar surface area (TPSA) is 51.0 Å². The summed E-state index contributed by atoms with van der Waals surface area (Å²) in [5.41, 5.74) is 7.48. The molecule has 2 unspecified atom stereocenters. The van der Waals surface area contributed by atoms with Gasteiger partial charge in [0.05, 0.1) is 0 Å². The quantitative estimate of drug-likeness (QED) is 0.895. The van der Waals surface area contributed by atoms with Crippen molar-refractivity contribution in [3.05, 3.63) is 23.8 Å². The number of ether oxygens (including phenoxy) is 2. The molecule has 0 aliphatic carbocycles. The highest BCUT2D eigenvalue weighted by molar-refractivity contribution is 5.45. The molecule has 0 aromatic heterocycles. The number of rotatable bonds is 3. The number of benzene rings is 1. The molecule has 1 aromatic rings. The van der Waals surface area contributed by atoms with Gasteiger partial charge in [0.15, 0.2) is 11.5 Å². The van der Waals surface area contributed by atoms with Crippen molar-refractivity contribution in [2.45, 2.75) is 19.0 Å². The van der Waals surface area contributed by atoms with Crippen molar-refractivity contribution in [2.75, 3.05) is 40.0 Å². The summed E-state index contributed by atoms with van der Waals surface area (Å²) in [6, 6.07) is 6.56. The number of nitrogens with zero attached hydrogens (tertiary/aromatic N) is 2. The van der Waals surface area contributed by atoms with Crippen LogP contribution in [-0.4, -0.2) is 55.9 Å². The van der Waals surface area contributed by atoms with E-state index >= 15 is 0 Å². The minimum atomic E-state index is 0.00959. The third-order valence-corrected chi connectivity index (χ3v) is 4.22. The van der Waals surface area contributed by atoms with Crippen molar-refractivity contribution >= 4 is 0 Å². The summed E-state index contributed by atoms with van der Waals surface area (Å²) in [6.07, 6.45) is 0. The van der Waals surface area contributed by atoms with Gasteiger partial charge in [-0.05, 0) is 31.7 Å². The Hall–Kier alpha value is -1.30. The number of fused-ring (bicyclic) bond motifs is 1. The van der Waals surface area contributed by atoms with Gasteiger partial charge in [-0.2, -0.15) is 0 Å². The minimum Gasteiger partial charge on any atom is -0.454 e. The Bertz CT molecular complexity index is 480. The molecule has 2 atom stereocenters. The molecule has 5 heteroatoms. The van der Waals surface area contributed by atoms with Crippen LogP contribution in [0.1, 0.15) is 18.5 Å². The van der Waals surface area contributed by atoms with Crippen molar-refractivity contribution in [3.8, 4) is 11.5 Å². The Morgan fingerprint density at radius 3 is 2.90 bits per heavy atom. The molecule has 2 N–H and O–H groups in total. The fourth-order valence-electron chi connectivity index (χ4n) is 2.95. The van der Waals surface area contributed by atoms with Gasteiger partial charge in [0.1, 0.15) is 0 Å². The van der Waals surface area contributed by atoms with Gasteiger partial charge in [-0.25, -0.2) is 0 Å². The summed E-state index contributed by atoms with van der Waals surface area (Å²) in [5.74, 6) is 1.62. The Balaban J connectivity index is 1.65. The zero-order valence-corrected chi connectivity index (χ0v) is 12.2. The van der Waals surface area contributed by atoms with E-state index in [1.807, 2.05) is 18.2 Å². The minimum absolute atomic E-state index is 0.00959. The Morgan fingerprint density at radius 1 is 1.30 bits per heavy atom. The second-order valence-corrected chi connectivity index (χ2v) is 5.83. The van der Waals surface area contributed by atoms with E-state index < -0.39 is 0 Å². The first-order valence-corrected chi connectivity index (χ1v) is 7.21. The summed E-state index contributed by atoms with van der Waals surface area (Å²) >= 11 is 0. The predicted molar refractivity (Wildman–Crippen MR) is 78.0 cm³/mol. The highest BCUT2D eigenvalue weighted by Crippen LogP contribution is 2.34. The number of likely N-dealkylation sites (N-methyl/N-ethyl adjacent to an activating group) is 1. The van der Waals surface area contributed by atoms with Gasteiger partial charge < -0.3 is 20.1 Å². The fourth-order valence-corrected chi connectivity index (χ4v) is 2.95. The van der Waals surface area contributed by atoms with Crippen LogP contribution in [0.15, 0.2) is 18.2 Å². The number of hydrogen-bond acceptors (Lipinski definition) is 5. The molecule has 0 spiro atoms. The molecule has 2 heterocycles. The Morgan fingerprint density at radius 2 is 2.10 bits per heavy atom. The molecule has 1 aromatic carbocycles. The van der Waals surface area contributed by atoms with Crippen LogP contribution in [0.4, 0.5) is 0 Å². The van der Waals surface area contributed by atoms with Crippen LogP contribution < -0.4 is 15.2 Å². The van der Waals surface area contributed by atoms with E-state index in [4.69, 9.17) is 15.2 Å². The molecule has 1 fully saturated rings. The molecule has 0 bridgehead atoms. The molecule has 5 nitrogen and oxygen atoms in total. The van der Waals surface area contributed by atoms with Crippen LogP contribution in [0.25, 0.3) is 0 Å². The fraction of sp³-hybridized carbons (Fsp3) is 0.600. The highest BCUT2D eigenvalue weighted by Gasteiger charge is 2.24. The maximum atomic E-state index is 6.37. The summed E-state index contributed by atoms with van der Waals surface area (Å²) in [5, 5.41) is 0. The Labute approximate surface area is 120 Å². The summed E-state index contributed by atoms with van der Waals surface area (Å²) < 4.78 is 10.7. The third-order valence-electron chi connectivity index (χ3n) is 4.22. The first-order valence-electron chi connectivity index (χ1n) is 7.21. The molecule has 0 saturated carbocycles. The van der Waals surface area contributed by atoms with E-state index in [9.17, 15) is 0 Å². The van der Waals surface area contributed by atoms with Gasteiger partial charge in [0, 0.05) is 38.3 Å². The lowest BCUT2D eigenvalue weighted by atomic mass is 10.0. The van der Waals surface area contributed by atoms with E-state index in [0.717, 1.165) is 43.2 Å². The maximum Gasteiger partial charge on any atom is 0.231 e. The number of nitrogens with two attached hydrogens (primary N) is 1. The first-order chi connectivity index (χ1) is 9.63. The van der Waals surface area contributed by atoms with Crippen molar-refractivity contribution in [1.82, 2.24) is 9.80 Å². The maximum absolute atomic E-state index is 6.37. The second kappa shape index (κ2) is 5.60. The largest absolute Gasteiger partial charge is 0.454 e. The standard InChI is InChI=1S/C15H23N3O2/c1-11-8-17(2)5-6-18(11)9-13(16)12-3-4-14-15(7-12)20-10-19-14/h3-4,7,11,13H,5-6,8-10,16H2,1-2H3. The SMILES string of the molecule is CC1CN(C)CCN1CC(N)c1ccc2c(c1)OCO2. The molecule has 2 aliphatic heterocycles. The van der Waals surface area contributed by atoms with Gasteiger partial charge in [-0.1, -0.05) is 6.07 Å². The molecule has 1 saturated heterocycles. The van der Waals surface area contributed by atoms with Crippen LogP contribution in [0.2, 0.25) is 0 Å². The number of hydrogen-bond donors (Lipinski definition) is 1. The summed E-state index contributed by atoms with van der Waals surface area (Å²) in [6.45, 7) is 6.75. The average Bonchev–Trinajstić information content (AvgIpc) is 2.89. The summed E-state index contributed by atoms with van der Waals surface area (Å²) in [4.78, 5) is 4.84. The summed E-state index contributed by atoms with van der Waals surface area (Å²) in [7, 11) is 2.17. The van der Waals surface area contributed by atoms with Gasteiger partial charge >= 0.3 is 0 Å². The predicted octanol–water partition coefficient (Wildman–Crippen LogP) is 1.05. The van der Waals surface area contributed by atoms with Crippen LogP contribution in [0.5, 0.6) is 11.5 Å². The lowest BCUT2D eigenvalue weighted by Crippen LogP contribution is -2.52. The normalized spacial score (nSPS) is 24.9. The van der Waals surface area contributed by atoms with E-state index in [0.29, 0.717) is 12.8 Å². The van der Waals surface area contributed by atoms with E-state index in [1.54, 1.807) is 0 Å². The van der Waals surface area contributed by atoms with Crippen LogP contribution in [0, 0.1) is 0 Å². The zero-order chi connectivity index (χ0) is 14.1. The Kier molecular flexibility index (Phi) is 3.83. The molecular weight excluding hydrogens is 254 g/mol. The molecule has 0 amide bonds. The van der Waals surface area contributed by atoms with E-state index in [1.165, 1.54) is 0 Å². The second-order valence-electron chi connectivity index (χ2n) is 5.83. The van der Waals surface area contributed by atoms with Crippen molar-refractivity contribution in [3.63, 3.8) is 0 Å². The van der Waals surface area contributed by atoms with Gasteiger partial charge in [0.2, 0.25) is 6.79 Å². The lowest BCUT2D eigenvalue weighted by Gasteiger charge is -2.39. The van der Waals surface area contributed by atoms with Crippen molar-refractivity contribution in [1.29, 1.82) is 0 Å². The molecule has 110 valence electrons. The smallest absolute Gasteiger partial charge is 0.231 e. The molecule has 2 aliphatic rings. The zero-order valence-electron chi connectivity index (χ0n) is 12.2. The van der Waals surface area contributed by atoms with Gasteiger partial charge in [-0.3, -0.25) is 4.90 Å². The van der Waals surface area contributed by atoms with Crippen LogP contribution in [-0.2, 0) is 0 Å². The number of piperazine rings is 1. The molecular formula is C15H23N3O2. The monoisotopic (exact) mass is 277 g/mol. The highest BCUT2D eigenvalue weighted by atomic mass is 16.7. The van der Waals surface area contributed by atoms with Crippen molar-refractivity contribution < 1.29 is 9.47 Å². The van der Waals surface area contributed by atoms with Crippen LogP contribution in [0.3, 0.4) is 0 Å². The van der Waals surface area contributed by atoms with Gasteiger partial charge in [0.25, 0.3) is 0 Å².